The first-order valence-corrected chi connectivity index (χ1v) is 10.5. The summed E-state index contributed by atoms with van der Waals surface area (Å²) in [5.41, 5.74) is 8.73. The number of carbonyl (C=O) groups is 1. The molecule has 1 amide bonds. The highest BCUT2D eigenvalue weighted by molar-refractivity contribution is 6.06. The Labute approximate surface area is 171 Å². The highest BCUT2D eigenvalue weighted by Gasteiger charge is 2.18. The Kier molecular flexibility index (Phi) is 7.41. The fourth-order valence-corrected chi connectivity index (χ4v) is 3.59. The number of benzene rings is 1. The third kappa shape index (κ3) is 5.03. The molecular weight excluding hydrogens is 366 g/mol. The summed E-state index contributed by atoms with van der Waals surface area (Å²) in [5, 5.41) is 4.05. The zero-order valence-electron chi connectivity index (χ0n) is 17.4. The molecule has 0 radical (unpaired) electrons. The summed E-state index contributed by atoms with van der Waals surface area (Å²) in [6.07, 6.45) is 6.14. The molecule has 0 unspecified atom stereocenters. The number of nitrogens with zero attached hydrogens (tertiary/aromatic N) is 3. The van der Waals surface area contributed by atoms with Gasteiger partial charge in [0.15, 0.2) is 5.82 Å². The average molecular weight is 398 g/mol. The first-order chi connectivity index (χ1) is 14.2. The van der Waals surface area contributed by atoms with Crippen molar-refractivity contribution in [2.75, 3.05) is 25.5 Å². The van der Waals surface area contributed by atoms with Gasteiger partial charge in [-0.3, -0.25) is 4.79 Å². The quantitative estimate of drug-likeness (QED) is 0.480. The van der Waals surface area contributed by atoms with Crippen LogP contribution in [0.15, 0.2) is 30.6 Å². The number of hydrogen-bond acceptors (Lipinski definition) is 5. The molecule has 0 bridgehead atoms. The summed E-state index contributed by atoms with van der Waals surface area (Å²) in [7, 11) is 0. The number of fused-ring (bicyclic) bond motifs is 3. The Morgan fingerprint density at radius 3 is 2.90 bits per heavy atom. The molecule has 3 aromatic rings. The number of pyridine rings is 1. The van der Waals surface area contributed by atoms with Gasteiger partial charge < -0.3 is 20.4 Å². The van der Waals surface area contributed by atoms with Crippen LogP contribution in [0.5, 0.6) is 0 Å². The van der Waals surface area contributed by atoms with E-state index in [9.17, 15) is 4.79 Å². The molecule has 0 spiro atoms. The van der Waals surface area contributed by atoms with E-state index in [1.54, 1.807) is 0 Å². The van der Waals surface area contributed by atoms with Gasteiger partial charge in [-0.25, -0.2) is 9.97 Å². The van der Waals surface area contributed by atoms with Crippen molar-refractivity contribution < 1.29 is 9.53 Å². The van der Waals surface area contributed by atoms with Crippen molar-refractivity contribution in [1.29, 1.82) is 0 Å². The average Bonchev–Trinajstić information content (AvgIpc) is 3.18. The predicted molar refractivity (Wildman–Crippen MR) is 117 cm³/mol. The van der Waals surface area contributed by atoms with Crippen LogP contribution in [0.3, 0.4) is 0 Å². The predicted octanol–water partition coefficient (Wildman–Crippen LogP) is 3.83. The smallest absolute Gasteiger partial charge is 0.219 e. The van der Waals surface area contributed by atoms with Crippen molar-refractivity contribution in [3.8, 4) is 0 Å². The molecule has 7 nitrogen and oxygen atoms in total. The van der Waals surface area contributed by atoms with E-state index < -0.39 is 0 Å². The van der Waals surface area contributed by atoms with Crippen LogP contribution in [0.4, 0.5) is 5.82 Å². The Morgan fingerprint density at radius 1 is 1.28 bits per heavy atom. The van der Waals surface area contributed by atoms with E-state index in [0.717, 1.165) is 47.6 Å². The van der Waals surface area contributed by atoms with E-state index in [-0.39, 0.29) is 11.9 Å². The van der Waals surface area contributed by atoms with Gasteiger partial charge >= 0.3 is 0 Å². The van der Waals surface area contributed by atoms with Gasteiger partial charge in [0.1, 0.15) is 5.52 Å². The lowest BCUT2D eigenvalue weighted by atomic mass is 10.1. The highest BCUT2D eigenvalue weighted by Crippen LogP contribution is 2.30. The third-order valence-corrected chi connectivity index (χ3v) is 5.14. The lowest BCUT2D eigenvalue weighted by Gasteiger charge is -2.20. The first-order valence-electron chi connectivity index (χ1n) is 10.5. The topological polar surface area (TPSA) is 95.1 Å². The van der Waals surface area contributed by atoms with Crippen LogP contribution in [0.1, 0.15) is 52.0 Å². The number of imidazole rings is 1. The van der Waals surface area contributed by atoms with E-state index in [0.29, 0.717) is 32.0 Å². The summed E-state index contributed by atoms with van der Waals surface area (Å²) < 4.78 is 7.92. The van der Waals surface area contributed by atoms with Gasteiger partial charge in [0.25, 0.3) is 0 Å². The molecule has 1 atom stereocenters. The zero-order valence-corrected chi connectivity index (χ0v) is 17.4. The van der Waals surface area contributed by atoms with Crippen molar-refractivity contribution in [3.63, 3.8) is 0 Å². The standard InChI is InChI=1S/C22H31N5O2/c1-3-5-12-19(28)24-13-8-9-16(14-29-4-2)27-15-25-20-21(27)17-10-6-7-11-18(17)26-22(20)23/h6-7,10-11,15-16H,3-5,8-9,12-14H2,1-2H3,(H2,23,26)(H,24,28)/t16-/m0/s1. The minimum atomic E-state index is 0.109. The molecule has 0 aliphatic rings. The van der Waals surface area contributed by atoms with Gasteiger partial charge in [-0.1, -0.05) is 31.5 Å². The SMILES string of the molecule is CCCCC(=O)NCCC[C@@H](COCC)n1cnc2c(N)nc3ccccc3c21. The van der Waals surface area contributed by atoms with E-state index in [2.05, 4.69) is 26.8 Å². The molecule has 156 valence electrons. The van der Waals surface area contributed by atoms with Crippen molar-refractivity contribution in [2.24, 2.45) is 0 Å². The van der Waals surface area contributed by atoms with Gasteiger partial charge in [-0.05, 0) is 32.3 Å². The lowest BCUT2D eigenvalue weighted by molar-refractivity contribution is -0.121. The molecule has 0 aliphatic carbocycles. The third-order valence-electron chi connectivity index (χ3n) is 5.14. The number of aromatic nitrogens is 3. The first kappa shape index (κ1) is 21.0. The lowest BCUT2D eigenvalue weighted by Crippen LogP contribution is -2.25. The van der Waals surface area contributed by atoms with Crippen LogP contribution >= 0.6 is 0 Å². The number of carbonyl (C=O) groups excluding carboxylic acids is 1. The Balaban J connectivity index is 1.80. The maximum absolute atomic E-state index is 11.8. The number of nitrogen functional groups attached to an aromatic ring is 1. The van der Waals surface area contributed by atoms with E-state index in [4.69, 9.17) is 10.5 Å². The zero-order chi connectivity index (χ0) is 20.6. The second-order valence-corrected chi connectivity index (χ2v) is 7.27. The molecule has 1 aromatic carbocycles. The van der Waals surface area contributed by atoms with E-state index in [1.807, 2.05) is 37.5 Å². The second kappa shape index (κ2) is 10.2. The fraction of sp³-hybridized carbons (Fsp3) is 0.500. The van der Waals surface area contributed by atoms with E-state index in [1.165, 1.54) is 0 Å². The molecule has 2 aromatic heterocycles. The van der Waals surface area contributed by atoms with Crippen molar-refractivity contribution in [2.45, 2.75) is 52.0 Å². The summed E-state index contributed by atoms with van der Waals surface area (Å²) in [4.78, 5) is 20.9. The van der Waals surface area contributed by atoms with Crippen molar-refractivity contribution >= 4 is 33.7 Å². The molecule has 3 rings (SSSR count). The minimum Gasteiger partial charge on any atom is -0.382 e. The number of para-hydroxylation sites is 1. The summed E-state index contributed by atoms with van der Waals surface area (Å²) in [6, 6.07) is 8.08. The van der Waals surface area contributed by atoms with Crippen LogP contribution in [0.25, 0.3) is 21.9 Å². The molecule has 2 heterocycles. The number of nitrogens with one attached hydrogen (secondary N) is 1. The largest absolute Gasteiger partial charge is 0.382 e. The van der Waals surface area contributed by atoms with Crippen molar-refractivity contribution in [1.82, 2.24) is 19.9 Å². The van der Waals surface area contributed by atoms with Gasteiger partial charge in [0.2, 0.25) is 5.91 Å². The second-order valence-electron chi connectivity index (χ2n) is 7.27. The molecule has 0 saturated carbocycles. The fourth-order valence-electron chi connectivity index (χ4n) is 3.59. The summed E-state index contributed by atoms with van der Waals surface area (Å²) in [6.45, 7) is 5.99. The number of unbranched alkanes of at least 4 members (excludes halogenated alkanes) is 1. The van der Waals surface area contributed by atoms with Gasteiger partial charge in [0, 0.05) is 25.0 Å². The molecule has 0 fully saturated rings. The van der Waals surface area contributed by atoms with Crippen LogP contribution in [-0.2, 0) is 9.53 Å². The normalized spacial score (nSPS) is 12.5. The molecule has 3 N–H and O–H groups in total. The molecule has 7 heteroatoms. The molecule has 0 saturated heterocycles. The van der Waals surface area contributed by atoms with Gasteiger partial charge in [-0.2, -0.15) is 0 Å². The number of anilines is 1. The Bertz CT molecular complexity index is 953. The maximum atomic E-state index is 11.8. The number of amides is 1. The van der Waals surface area contributed by atoms with E-state index >= 15 is 0 Å². The van der Waals surface area contributed by atoms with Gasteiger partial charge in [-0.15, -0.1) is 0 Å². The molecular formula is C22H31N5O2. The number of hydrogen-bond donors (Lipinski definition) is 2. The molecule has 29 heavy (non-hydrogen) atoms. The number of ether oxygens (including phenoxy) is 1. The summed E-state index contributed by atoms with van der Waals surface area (Å²) >= 11 is 0. The maximum Gasteiger partial charge on any atom is 0.219 e. The van der Waals surface area contributed by atoms with Crippen LogP contribution < -0.4 is 11.1 Å². The number of rotatable bonds is 11. The Hall–Kier alpha value is -2.67. The Morgan fingerprint density at radius 2 is 2.10 bits per heavy atom. The molecule has 0 aliphatic heterocycles. The minimum absolute atomic E-state index is 0.109. The highest BCUT2D eigenvalue weighted by atomic mass is 16.5. The van der Waals surface area contributed by atoms with Gasteiger partial charge in [0.05, 0.1) is 30.0 Å². The van der Waals surface area contributed by atoms with Crippen LogP contribution in [-0.4, -0.2) is 40.2 Å². The number of nitrogens with two attached hydrogens (primary N) is 1. The van der Waals surface area contributed by atoms with Crippen LogP contribution in [0.2, 0.25) is 0 Å². The summed E-state index contributed by atoms with van der Waals surface area (Å²) in [5.74, 6) is 0.571. The monoisotopic (exact) mass is 397 g/mol. The van der Waals surface area contributed by atoms with Crippen molar-refractivity contribution in [3.05, 3.63) is 30.6 Å². The van der Waals surface area contributed by atoms with Crippen LogP contribution in [0, 0.1) is 0 Å².